The summed E-state index contributed by atoms with van der Waals surface area (Å²) in [4.78, 5) is 34.9. The van der Waals surface area contributed by atoms with E-state index in [0.717, 1.165) is 43.2 Å². The summed E-state index contributed by atoms with van der Waals surface area (Å²) in [5, 5.41) is 3.36. The number of carbonyl (C=O) groups excluding carboxylic acids is 1. The van der Waals surface area contributed by atoms with Crippen molar-refractivity contribution in [3.63, 3.8) is 0 Å². The molecule has 0 radical (unpaired) electrons. The maximum absolute atomic E-state index is 13.2. The van der Waals surface area contributed by atoms with E-state index >= 15 is 0 Å². The molecule has 0 aromatic carbocycles. The minimum atomic E-state index is -0.0615. The second-order valence-electron chi connectivity index (χ2n) is 10.1. The molecular formula is C25H35N5O2. The van der Waals surface area contributed by atoms with Crippen LogP contribution in [0.4, 0.5) is 0 Å². The molecular weight excluding hydrogens is 402 g/mol. The molecule has 0 unspecified atom stereocenters. The number of amides is 1. The largest absolute Gasteiger partial charge is 0.337 e. The number of hydrogen-bond acceptors (Lipinski definition) is 4. The monoisotopic (exact) mass is 437 g/mol. The van der Waals surface area contributed by atoms with Gasteiger partial charge in [-0.3, -0.25) is 14.7 Å². The first-order valence-corrected chi connectivity index (χ1v) is 12.3. The summed E-state index contributed by atoms with van der Waals surface area (Å²) in [6.07, 6.45) is 11.3. The van der Waals surface area contributed by atoms with Gasteiger partial charge in [-0.15, -0.1) is 0 Å². The van der Waals surface area contributed by atoms with Crippen molar-refractivity contribution < 1.29 is 4.79 Å². The first-order chi connectivity index (χ1) is 15.5. The summed E-state index contributed by atoms with van der Waals surface area (Å²) in [5.41, 5.74) is 3.29. The van der Waals surface area contributed by atoms with E-state index in [-0.39, 0.29) is 17.4 Å². The number of piperidine rings is 1. The predicted molar refractivity (Wildman–Crippen MR) is 125 cm³/mol. The number of likely N-dealkylation sites (tertiary alicyclic amines) is 1. The standard InChI is InChI=1S/C25H35N5O2/c1-17(2)24(31)29-13-10-21-20(16-29)25(32)30-23(26-21)14-22(27-30)19-8-11-28(12-9-19)15-18-6-4-3-5-7-18/h3-4,14,17-19,27H,5-13,15-16H2,1-2H3/t18-/m0/s1. The molecule has 2 aromatic heterocycles. The van der Waals surface area contributed by atoms with E-state index in [4.69, 9.17) is 4.98 Å². The molecule has 1 fully saturated rings. The lowest BCUT2D eigenvalue weighted by Gasteiger charge is -2.34. The molecule has 7 nitrogen and oxygen atoms in total. The molecule has 1 amide bonds. The van der Waals surface area contributed by atoms with Crippen molar-refractivity contribution in [2.45, 2.75) is 64.8 Å². The molecule has 4 heterocycles. The summed E-state index contributed by atoms with van der Waals surface area (Å²) in [6.45, 7) is 8.25. The van der Waals surface area contributed by atoms with Crippen LogP contribution in [-0.2, 0) is 17.8 Å². The van der Waals surface area contributed by atoms with Gasteiger partial charge in [0.15, 0.2) is 5.65 Å². The van der Waals surface area contributed by atoms with Gasteiger partial charge in [0.25, 0.3) is 5.56 Å². The van der Waals surface area contributed by atoms with Crippen LogP contribution in [-0.4, -0.2) is 56.5 Å². The molecule has 0 saturated carbocycles. The third kappa shape index (κ3) is 4.15. The number of aromatic amines is 1. The van der Waals surface area contributed by atoms with Crippen LogP contribution in [0.1, 0.15) is 68.8 Å². The summed E-state index contributed by atoms with van der Waals surface area (Å²) in [5.74, 6) is 1.28. The highest BCUT2D eigenvalue weighted by Gasteiger charge is 2.28. The minimum Gasteiger partial charge on any atom is -0.337 e. The zero-order valence-electron chi connectivity index (χ0n) is 19.3. The first kappa shape index (κ1) is 21.4. The van der Waals surface area contributed by atoms with Crippen molar-refractivity contribution in [1.29, 1.82) is 0 Å². The van der Waals surface area contributed by atoms with E-state index in [9.17, 15) is 9.59 Å². The summed E-state index contributed by atoms with van der Waals surface area (Å²) in [7, 11) is 0. The lowest BCUT2D eigenvalue weighted by molar-refractivity contribution is -0.135. The molecule has 1 N–H and O–H groups in total. The molecule has 172 valence electrons. The predicted octanol–water partition coefficient (Wildman–Crippen LogP) is 3.10. The van der Waals surface area contributed by atoms with Gasteiger partial charge in [0, 0.05) is 43.1 Å². The normalized spacial score (nSPS) is 22.6. The van der Waals surface area contributed by atoms with Gasteiger partial charge < -0.3 is 9.80 Å². The minimum absolute atomic E-state index is 0.0553. The van der Waals surface area contributed by atoms with E-state index in [1.807, 2.05) is 13.8 Å². The van der Waals surface area contributed by atoms with E-state index in [1.165, 1.54) is 25.8 Å². The van der Waals surface area contributed by atoms with Gasteiger partial charge in [-0.2, -0.15) is 0 Å². The van der Waals surface area contributed by atoms with Crippen LogP contribution in [0.3, 0.4) is 0 Å². The van der Waals surface area contributed by atoms with Gasteiger partial charge in [-0.25, -0.2) is 9.50 Å². The zero-order chi connectivity index (χ0) is 22.2. The third-order valence-corrected chi connectivity index (χ3v) is 7.51. The number of aromatic nitrogens is 3. The summed E-state index contributed by atoms with van der Waals surface area (Å²) >= 11 is 0. The Morgan fingerprint density at radius 3 is 2.72 bits per heavy atom. The van der Waals surface area contributed by atoms with Crippen LogP contribution in [0, 0.1) is 11.8 Å². The van der Waals surface area contributed by atoms with Gasteiger partial charge in [0.2, 0.25) is 5.91 Å². The Bertz CT molecular complexity index is 1070. The Labute approximate surface area is 189 Å². The molecule has 5 rings (SSSR count). The number of allylic oxidation sites excluding steroid dienone is 2. The highest BCUT2D eigenvalue weighted by molar-refractivity contribution is 5.78. The van der Waals surface area contributed by atoms with Crippen LogP contribution in [0.2, 0.25) is 0 Å². The lowest BCUT2D eigenvalue weighted by atomic mass is 9.90. The Morgan fingerprint density at radius 1 is 1.19 bits per heavy atom. The van der Waals surface area contributed by atoms with E-state index < -0.39 is 0 Å². The SMILES string of the molecule is CC(C)C(=O)N1CCc2nc3cc(C4CCN(C[C@H]5CC=CCC5)CC4)[nH]n3c(=O)c2C1. The number of rotatable bonds is 4. The average molecular weight is 438 g/mol. The molecule has 7 heteroatoms. The Morgan fingerprint density at radius 2 is 2.00 bits per heavy atom. The van der Waals surface area contributed by atoms with Crippen LogP contribution < -0.4 is 5.56 Å². The quantitative estimate of drug-likeness (QED) is 0.746. The Kier molecular flexibility index (Phi) is 5.93. The molecule has 32 heavy (non-hydrogen) atoms. The van der Waals surface area contributed by atoms with Crippen molar-refractivity contribution in [3.8, 4) is 0 Å². The molecule has 3 aliphatic rings. The fraction of sp³-hybridized carbons (Fsp3) is 0.640. The van der Waals surface area contributed by atoms with Crippen LogP contribution in [0.5, 0.6) is 0 Å². The molecule has 2 aromatic rings. The number of carbonyl (C=O) groups is 1. The van der Waals surface area contributed by atoms with Crippen LogP contribution >= 0.6 is 0 Å². The fourth-order valence-electron chi connectivity index (χ4n) is 5.58. The molecule has 0 spiro atoms. The summed E-state index contributed by atoms with van der Waals surface area (Å²) < 4.78 is 1.60. The van der Waals surface area contributed by atoms with Crippen molar-refractivity contribution in [1.82, 2.24) is 24.4 Å². The first-order valence-electron chi connectivity index (χ1n) is 12.3. The highest BCUT2D eigenvalue weighted by Crippen LogP contribution is 2.29. The average Bonchev–Trinajstić information content (AvgIpc) is 3.24. The van der Waals surface area contributed by atoms with Crippen molar-refractivity contribution in [3.05, 3.63) is 45.5 Å². The number of fused-ring (bicyclic) bond motifs is 2. The summed E-state index contributed by atoms with van der Waals surface area (Å²) in [6, 6.07) is 2.07. The zero-order valence-corrected chi connectivity index (χ0v) is 19.3. The number of nitrogens with zero attached hydrogens (tertiary/aromatic N) is 4. The Hall–Kier alpha value is -2.41. The van der Waals surface area contributed by atoms with Gasteiger partial charge in [0.05, 0.1) is 17.8 Å². The van der Waals surface area contributed by atoms with E-state index in [2.05, 4.69) is 28.2 Å². The van der Waals surface area contributed by atoms with Crippen LogP contribution in [0.15, 0.2) is 23.0 Å². The van der Waals surface area contributed by atoms with E-state index in [1.54, 1.807) is 9.42 Å². The van der Waals surface area contributed by atoms with E-state index in [0.29, 0.717) is 36.6 Å². The molecule has 1 saturated heterocycles. The Balaban J connectivity index is 1.29. The highest BCUT2D eigenvalue weighted by atomic mass is 16.2. The van der Waals surface area contributed by atoms with Gasteiger partial charge in [0.1, 0.15) is 0 Å². The van der Waals surface area contributed by atoms with Gasteiger partial charge in [-0.05, 0) is 51.1 Å². The topological polar surface area (TPSA) is 73.7 Å². The molecule has 2 aliphatic heterocycles. The lowest BCUT2D eigenvalue weighted by Crippen LogP contribution is -2.41. The maximum atomic E-state index is 13.2. The van der Waals surface area contributed by atoms with Crippen molar-refractivity contribution in [2.24, 2.45) is 11.8 Å². The smallest absolute Gasteiger partial charge is 0.277 e. The second kappa shape index (κ2) is 8.85. The number of nitrogens with one attached hydrogen (secondary N) is 1. The van der Waals surface area contributed by atoms with Crippen molar-refractivity contribution >= 4 is 11.6 Å². The third-order valence-electron chi connectivity index (χ3n) is 7.51. The van der Waals surface area contributed by atoms with Crippen LogP contribution in [0.25, 0.3) is 5.65 Å². The molecule has 0 bridgehead atoms. The van der Waals surface area contributed by atoms with Gasteiger partial charge in [-0.1, -0.05) is 26.0 Å². The molecule has 1 atom stereocenters. The molecule has 1 aliphatic carbocycles. The maximum Gasteiger partial charge on any atom is 0.277 e. The second-order valence-corrected chi connectivity index (χ2v) is 10.1. The van der Waals surface area contributed by atoms with Crippen molar-refractivity contribution in [2.75, 3.05) is 26.2 Å². The number of hydrogen-bond donors (Lipinski definition) is 1. The fourth-order valence-corrected chi connectivity index (χ4v) is 5.58. The van der Waals surface area contributed by atoms with Gasteiger partial charge >= 0.3 is 0 Å². The number of H-pyrrole nitrogens is 1.